The maximum absolute atomic E-state index is 12.9. The van der Waals surface area contributed by atoms with Crippen LogP contribution in [-0.2, 0) is 13.1 Å². The SMILES string of the molecule is O=C(c1cc(Cl)c(O)cc1O)N1Cc2cccc(C(=O)N3CCCC3)c2C1. The Kier molecular flexibility index (Phi) is 4.44. The topological polar surface area (TPSA) is 81.1 Å². The average molecular weight is 387 g/mol. The van der Waals surface area contributed by atoms with Gasteiger partial charge in [0.25, 0.3) is 11.8 Å². The fraction of sp³-hybridized carbons (Fsp3) is 0.300. The van der Waals surface area contributed by atoms with Gasteiger partial charge in [0.15, 0.2) is 0 Å². The molecule has 2 heterocycles. The number of fused-ring (bicyclic) bond motifs is 1. The van der Waals surface area contributed by atoms with E-state index in [1.807, 2.05) is 23.1 Å². The van der Waals surface area contributed by atoms with Gasteiger partial charge in [-0.25, -0.2) is 0 Å². The lowest BCUT2D eigenvalue weighted by Crippen LogP contribution is -2.29. The molecule has 2 amide bonds. The van der Waals surface area contributed by atoms with Crippen LogP contribution >= 0.6 is 11.6 Å². The van der Waals surface area contributed by atoms with Gasteiger partial charge in [-0.3, -0.25) is 9.59 Å². The summed E-state index contributed by atoms with van der Waals surface area (Å²) >= 11 is 5.88. The van der Waals surface area contributed by atoms with E-state index in [1.54, 1.807) is 4.90 Å². The van der Waals surface area contributed by atoms with Crippen LogP contribution in [0.2, 0.25) is 5.02 Å². The molecule has 27 heavy (non-hydrogen) atoms. The molecule has 1 fully saturated rings. The Morgan fingerprint density at radius 2 is 1.59 bits per heavy atom. The maximum Gasteiger partial charge on any atom is 0.258 e. The Hall–Kier alpha value is -2.73. The molecule has 0 saturated carbocycles. The zero-order chi connectivity index (χ0) is 19.1. The predicted molar refractivity (Wildman–Crippen MR) is 99.9 cm³/mol. The van der Waals surface area contributed by atoms with Gasteiger partial charge in [-0.15, -0.1) is 0 Å². The second kappa shape index (κ2) is 6.78. The van der Waals surface area contributed by atoms with Crippen molar-refractivity contribution in [3.63, 3.8) is 0 Å². The van der Waals surface area contributed by atoms with Crippen molar-refractivity contribution < 1.29 is 19.8 Å². The highest BCUT2D eigenvalue weighted by Gasteiger charge is 2.31. The number of aromatic hydroxyl groups is 2. The van der Waals surface area contributed by atoms with Crippen molar-refractivity contribution in [1.82, 2.24) is 9.80 Å². The van der Waals surface area contributed by atoms with Crippen molar-refractivity contribution in [2.75, 3.05) is 13.1 Å². The molecule has 2 N–H and O–H groups in total. The second-order valence-electron chi connectivity index (χ2n) is 6.92. The van der Waals surface area contributed by atoms with Gasteiger partial charge in [-0.2, -0.15) is 0 Å². The first kappa shape index (κ1) is 17.7. The van der Waals surface area contributed by atoms with Gasteiger partial charge in [0.1, 0.15) is 11.5 Å². The van der Waals surface area contributed by atoms with Crippen LogP contribution in [0.3, 0.4) is 0 Å². The van der Waals surface area contributed by atoms with E-state index in [2.05, 4.69) is 0 Å². The molecule has 2 aromatic carbocycles. The first-order chi connectivity index (χ1) is 13.0. The molecule has 4 rings (SSSR count). The molecular formula is C20H19ClN2O4. The average Bonchev–Trinajstić information content (AvgIpc) is 3.32. The molecule has 140 valence electrons. The number of nitrogens with zero attached hydrogens (tertiary/aromatic N) is 2. The summed E-state index contributed by atoms with van der Waals surface area (Å²) in [5.41, 5.74) is 2.44. The minimum absolute atomic E-state index is 0.00207. The van der Waals surface area contributed by atoms with Gasteiger partial charge >= 0.3 is 0 Å². The minimum atomic E-state index is -0.398. The summed E-state index contributed by atoms with van der Waals surface area (Å²) in [5, 5.41) is 19.6. The summed E-state index contributed by atoms with van der Waals surface area (Å²) in [4.78, 5) is 29.1. The largest absolute Gasteiger partial charge is 0.507 e. The predicted octanol–water partition coefficient (Wildman–Crippen LogP) is 3.14. The number of amides is 2. The first-order valence-corrected chi connectivity index (χ1v) is 9.24. The number of likely N-dealkylation sites (tertiary alicyclic amines) is 1. The number of benzene rings is 2. The summed E-state index contributed by atoms with van der Waals surface area (Å²) in [6.07, 6.45) is 2.04. The van der Waals surface area contributed by atoms with Crippen LogP contribution in [0.4, 0.5) is 0 Å². The summed E-state index contributed by atoms with van der Waals surface area (Å²) in [5.74, 6) is -1.00. The van der Waals surface area contributed by atoms with Gasteiger partial charge in [-0.1, -0.05) is 23.7 Å². The van der Waals surface area contributed by atoms with Crippen molar-refractivity contribution >= 4 is 23.4 Å². The van der Waals surface area contributed by atoms with Gasteiger partial charge in [0, 0.05) is 37.8 Å². The lowest BCUT2D eigenvalue weighted by Gasteiger charge is -2.18. The third kappa shape index (κ3) is 3.10. The molecule has 0 unspecified atom stereocenters. The van der Waals surface area contributed by atoms with Crippen LogP contribution in [0.25, 0.3) is 0 Å². The van der Waals surface area contributed by atoms with Crippen molar-refractivity contribution in [3.8, 4) is 11.5 Å². The third-order valence-electron chi connectivity index (χ3n) is 5.19. The summed E-state index contributed by atoms with van der Waals surface area (Å²) < 4.78 is 0. The van der Waals surface area contributed by atoms with Crippen molar-refractivity contribution in [1.29, 1.82) is 0 Å². The molecule has 0 atom stereocenters. The Labute approximate surface area is 161 Å². The van der Waals surface area contributed by atoms with E-state index < -0.39 is 5.91 Å². The van der Waals surface area contributed by atoms with E-state index in [1.165, 1.54) is 6.07 Å². The first-order valence-electron chi connectivity index (χ1n) is 8.86. The van der Waals surface area contributed by atoms with E-state index in [4.69, 9.17) is 11.6 Å². The molecular weight excluding hydrogens is 368 g/mol. The molecule has 7 heteroatoms. The van der Waals surface area contributed by atoms with Crippen LogP contribution in [0, 0.1) is 0 Å². The molecule has 0 bridgehead atoms. The van der Waals surface area contributed by atoms with Crippen LogP contribution in [0.15, 0.2) is 30.3 Å². The number of carbonyl (C=O) groups is 2. The molecule has 0 aliphatic carbocycles. The summed E-state index contributed by atoms with van der Waals surface area (Å²) in [6, 6.07) is 7.87. The van der Waals surface area contributed by atoms with Gasteiger partial charge in [-0.05, 0) is 36.1 Å². The van der Waals surface area contributed by atoms with Crippen molar-refractivity contribution in [2.24, 2.45) is 0 Å². The minimum Gasteiger partial charge on any atom is -0.507 e. The van der Waals surface area contributed by atoms with Gasteiger partial charge in [0.05, 0.1) is 10.6 Å². The zero-order valence-corrected chi connectivity index (χ0v) is 15.4. The molecule has 6 nitrogen and oxygen atoms in total. The summed E-state index contributed by atoms with van der Waals surface area (Å²) in [6.45, 7) is 2.19. The highest BCUT2D eigenvalue weighted by atomic mass is 35.5. The normalized spacial score (nSPS) is 15.9. The van der Waals surface area contributed by atoms with Crippen LogP contribution in [-0.4, -0.2) is 44.9 Å². The van der Waals surface area contributed by atoms with E-state index in [0.29, 0.717) is 18.7 Å². The standard InChI is InChI=1S/C20H19ClN2O4/c21-16-8-14(17(24)9-18(16)25)20(27)23-10-12-4-3-5-13(15(12)11-23)19(26)22-6-1-2-7-22/h3-5,8-9,24-25H,1-2,6-7,10-11H2. The molecule has 0 radical (unpaired) electrons. The van der Waals surface area contributed by atoms with Crippen molar-refractivity contribution in [2.45, 2.75) is 25.9 Å². The molecule has 2 aliphatic rings. The maximum atomic E-state index is 12.9. The Balaban J connectivity index is 1.61. The molecule has 0 aromatic heterocycles. The molecule has 0 spiro atoms. The monoisotopic (exact) mass is 386 g/mol. The Bertz CT molecular complexity index is 938. The van der Waals surface area contributed by atoms with E-state index in [9.17, 15) is 19.8 Å². The van der Waals surface area contributed by atoms with E-state index in [0.717, 1.165) is 43.1 Å². The number of halogens is 1. The number of phenols is 2. The number of hydrogen-bond donors (Lipinski definition) is 2. The highest BCUT2D eigenvalue weighted by molar-refractivity contribution is 6.32. The van der Waals surface area contributed by atoms with Crippen LogP contribution < -0.4 is 0 Å². The quantitative estimate of drug-likeness (QED) is 0.830. The zero-order valence-electron chi connectivity index (χ0n) is 14.6. The van der Waals surface area contributed by atoms with E-state index >= 15 is 0 Å². The fourth-order valence-corrected chi connectivity index (χ4v) is 3.91. The summed E-state index contributed by atoms with van der Waals surface area (Å²) in [7, 11) is 0. The van der Waals surface area contributed by atoms with Gasteiger partial charge < -0.3 is 20.0 Å². The molecule has 2 aliphatic heterocycles. The Morgan fingerprint density at radius 1 is 0.889 bits per heavy atom. The van der Waals surface area contributed by atoms with Crippen LogP contribution in [0.1, 0.15) is 44.7 Å². The number of hydrogen-bond acceptors (Lipinski definition) is 4. The number of rotatable bonds is 2. The molecule has 2 aromatic rings. The van der Waals surface area contributed by atoms with Crippen LogP contribution in [0.5, 0.6) is 11.5 Å². The number of carbonyl (C=O) groups excluding carboxylic acids is 2. The lowest BCUT2D eigenvalue weighted by molar-refractivity contribution is 0.0740. The second-order valence-corrected chi connectivity index (χ2v) is 7.33. The Morgan fingerprint density at radius 3 is 2.33 bits per heavy atom. The third-order valence-corrected chi connectivity index (χ3v) is 5.49. The van der Waals surface area contributed by atoms with E-state index in [-0.39, 0.29) is 28.0 Å². The smallest absolute Gasteiger partial charge is 0.258 e. The fourth-order valence-electron chi connectivity index (χ4n) is 3.75. The number of phenolic OH excluding ortho intramolecular Hbond substituents is 2. The molecule has 1 saturated heterocycles. The van der Waals surface area contributed by atoms with Gasteiger partial charge in [0.2, 0.25) is 0 Å². The highest BCUT2D eigenvalue weighted by Crippen LogP contribution is 2.34. The lowest BCUT2D eigenvalue weighted by atomic mass is 10.0. The van der Waals surface area contributed by atoms with Crippen molar-refractivity contribution in [3.05, 3.63) is 57.6 Å².